The van der Waals surface area contributed by atoms with Gasteiger partial charge >= 0.3 is 0 Å². The van der Waals surface area contributed by atoms with Crippen molar-refractivity contribution < 1.29 is 9.50 Å². The van der Waals surface area contributed by atoms with Gasteiger partial charge in [0.05, 0.1) is 22.9 Å². The SMILES string of the molecule is CN(C)CCn1ncc(Br)c1C(O)c1cc(F)cc(Cl)c1. The fourth-order valence-electron chi connectivity index (χ4n) is 2.01. The summed E-state index contributed by atoms with van der Waals surface area (Å²) in [5.74, 6) is -0.480. The molecule has 0 aliphatic heterocycles. The van der Waals surface area contributed by atoms with Crippen LogP contribution in [0.25, 0.3) is 0 Å². The van der Waals surface area contributed by atoms with Crippen molar-refractivity contribution in [3.8, 4) is 0 Å². The first kappa shape index (κ1) is 16.4. The van der Waals surface area contributed by atoms with Crippen molar-refractivity contribution in [1.29, 1.82) is 0 Å². The fourth-order valence-corrected chi connectivity index (χ4v) is 2.75. The highest BCUT2D eigenvalue weighted by Gasteiger charge is 2.20. The summed E-state index contributed by atoms with van der Waals surface area (Å²) in [6.45, 7) is 1.39. The lowest BCUT2D eigenvalue weighted by Crippen LogP contribution is -2.21. The number of hydrogen-bond donors (Lipinski definition) is 1. The molecule has 1 unspecified atom stereocenters. The van der Waals surface area contributed by atoms with Crippen molar-refractivity contribution in [3.63, 3.8) is 0 Å². The van der Waals surface area contributed by atoms with E-state index in [0.29, 0.717) is 22.3 Å². The molecule has 2 aromatic rings. The summed E-state index contributed by atoms with van der Waals surface area (Å²) in [4.78, 5) is 2.02. The Bertz CT molecular complexity index is 612. The smallest absolute Gasteiger partial charge is 0.125 e. The third kappa shape index (κ3) is 4.03. The predicted molar refractivity (Wildman–Crippen MR) is 84.0 cm³/mol. The molecule has 1 heterocycles. The molecule has 0 amide bonds. The third-order valence-corrected chi connectivity index (χ3v) is 3.88. The summed E-state index contributed by atoms with van der Waals surface area (Å²) in [5, 5.41) is 15.0. The summed E-state index contributed by atoms with van der Waals surface area (Å²) in [7, 11) is 3.92. The van der Waals surface area contributed by atoms with Gasteiger partial charge < -0.3 is 10.0 Å². The molecule has 1 aromatic heterocycles. The van der Waals surface area contributed by atoms with Gasteiger partial charge in [0.25, 0.3) is 0 Å². The van der Waals surface area contributed by atoms with E-state index in [-0.39, 0.29) is 5.02 Å². The number of benzene rings is 1. The van der Waals surface area contributed by atoms with Crippen LogP contribution in [0.15, 0.2) is 28.9 Å². The maximum Gasteiger partial charge on any atom is 0.125 e. The minimum absolute atomic E-state index is 0.250. The van der Waals surface area contributed by atoms with E-state index in [1.54, 1.807) is 16.9 Å². The van der Waals surface area contributed by atoms with Gasteiger partial charge in [-0.2, -0.15) is 5.10 Å². The number of rotatable bonds is 5. The number of aliphatic hydroxyl groups excluding tert-OH is 1. The summed E-state index contributed by atoms with van der Waals surface area (Å²) < 4.78 is 15.8. The number of halogens is 3. The molecule has 114 valence electrons. The number of aromatic nitrogens is 2. The maximum atomic E-state index is 13.4. The van der Waals surface area contributed by atoms with Gasteiger partial charge in [-0.05, 0) is 53.8 Å². The van der Waals surface area contributed by atoms with Gasteiger partial charge in [0.2, 0.25) is 0 Å². The Kier molecular flexibility index (Phi) is 5.37. The van der Waals surface area contributed by atoms with Crippen LogP contribution in [-0.2, 0) is 6.54 Å². The molecule has 2 rings (SSSR count). The molecule has 0 spiro atoms. The molecule has 4 nitrogen and oxygen atoms in total. The second kappa shape index (κ2) is 6.87. The zero-order chi connectivity index (χ0) is 15.6. The van der Waals surface area contributed by atoms with Crippen LogP contribution in [0.1, 0.15) is 17.4 Å². The zero-order valence-corrected chi connectivity index (χ0v) is 14.1. The Morgan fingerprint density at radius 2 is 2.14 bits per heavy atom. The first-order chi connectivity index (χ1) is 9.88. The number of nitrogens with zero attached hydrogens (tertiary/aromatic N) is 3. The Balaban J connectivity index is 2.33. The zero-order valence-electron chi connectivity index (χ0n) is 11.7. The Morgan fingerprint density at radius 3 is 2.76 bits per heavy atom. The van der Waals surface area contributed by atoms with Crippen LogP contribution in [0.4, 0.5) is 4.39 Å². The second-order valence-corrected chi connectivity index (χ2v) is 6.30. The molecule has 7 heteroatoms. The van der Waals surface area contributed by atoms with Crippen LogP contribution in [0.5, 0.6) is 0 Å². The van der Waals surface area contributed by atoms with Crippen LogP contribution < -0.4 is 0 Å². The van der Waals surface area contributed by atoms with E-state index in [4.69, 9.17) is 11.6 Å². The van der Waals surface area contributed by atoms with E-state index < -0.39 is 11.9 Å². The lowest BCUT2D eigenvalue weighted by molar-refractivity contribution is 0.204. The van der Waals surface area contributed by atoms with Crippen molar-refractivity contribution in [3.05, 3.63) is 51.0 Å². The van der Waals surface area contributed by atoms with Crippen LogP contribution >= 0.6 is 27.5 Å². The van der Waals surface area contributed by atoms with E-state index in [1.807, 2.05) is 19.0 Å². The summed E-state index contributed by atoms with van der Waals surface area (Å²) in [5.41, 5.74) is 0.978. The van der Waals surface area contributed by atoms with E-state index in [0.717, 1.165) is 6.54 Å². The molecule has 0 aliphatic carbocycles. The molecule has 1 N–H and O–H groups in total. The number of aliphatic hydroxyl groups is 1. The van der Waals surface area contributed by atoms with Crippen LogP contribution in [0, 0.1) is 5.82 Å². The molecule has 1 atom stereocenters. The predicted octanol–water partition coefficient (Wildman–Crippen LogP) is 3.08. The van der Waals surface area contributed by atoms with Crippen molar-refractivity contribution in [2.24, 2.45) is 0 Å². The third-order valence-electron chi connectivity index (χ3n) is 3.05. The Labute approximate surface area is 136 Å². The van der Waals surface area contributed by atoms with Crippen LogP contribution in [0.3, 0.4) is 0 Å². The highest BCUT2D eigenvalue weighted by atomic mass is 79.9. The molecule has 0 aliphatic rings. The molecule has 0 saturated carbocycles. The summed E-state index contributed by atoms with van der Waals surface area (Å²) in [6.07, 6.45) is 0.618. The molecular weight excluding hydrogens is 361 g/mol. The molecule has 0 radical (unpaired) electrons. The number of hydrogen-bond acceptors (Lipinski definition) is 3. The summed E-state index contributed by atoms with van der Waals surface area (Å²) in [6, 6.07) is 4.02. The molecular formula is C14H16BrClFN3O. The van der Waals surface area contributed by atoms with Gasteiger partial charge in [-0.1, -0.05) is 11.6 Å². The molecule has 0 fully saturated rings. The first-order valence-corrected chi connectivity index (χ1v) is 7.55. The molecule has 21 heavy (non-hydrogen) atoms. The van der Waals surface area contributed by atoms with Crippen molar-refractivity contribution in [2.75, 3.05) is 20.6 Å². The average molecular weight is 377 g/mol. The van der Waals surface area contributed by atoms with Crippen LogP contribution in [0.2, 0.25) is 5.02 Å². The fraction of sp³-hybridized carbons (Fsp3) is 0.357. The first-order valence-electron chi connectivity index (χ1n) is 6.38. The highest BCUT2D eigenvalue weighted by Crippen LogP contribution is 2.30. The van der Waals surface area contributed by atoms with E-state index in [9.17, 15) is 9.50 Å². The molecule has 1 aromatic carbocycles. The lowest BCUT2D eigenvalue weighted by atomic mass is 10.1. The van der Waals surface area contributed by atoms with Gasteiger partial charge in [0.15, 0.2) is 0 Å². The normalized spacial score (nSPS) is 12.9. The van der Waals surface area contributed by atoms with Crippen molar-refractivity contribution in [1.82, 2.24) is 14.7 Å². The van der Waals surface area contributed by atoms with Gasteiger partial charge in [-0.3, -0.25) is 4.68 Å². The molecule has 0 saturated heterocycles. The minimum Gasteiger partial charge on any atom is -0.382 e. The van der Waals surface area contributed by atoms with Gasteiger partial charge in [-0.25, -0.2) is 4.39 Å². The Morgan fingerprint density at radius 1 is 1.43 bits per heavy atom. The van der Waals surface area contributed by atoms with E-state index in [1.165, 1.54) is 12.1 Å². The lowest BCUT2D eigenvalue weighted by Gasteiger charge is -2.16. The largest absolute Gasteiger partial charge is 0.382 e. The van der Waals surface area contributed by atoms with Crippen molar-refractivity contribution >= 4 is 27.5 Å². The van der Waals surface area contributed by atoms with E-state index >= 15 is 0 Å². The maximum absolute atomic E-state index is 13.4. The quantitative estimate of drug-likeness (QED) is 0.872. The van der Waals surface area contributed by atoms with Gasteiger partial charge in [-0.15, -0.1) is 0 Å². The minimum atomic E-state index is -1.00. The van der Waals surface area contributed by atoms with E-state index in [2.05, 4.69) is 21.0 Å². The topological polar surface area (TPSA) is 41.3 Å². The second-order valence-electron chi connectivity index (χ2n) is 5.01. The van der Waals surface area contributed by atoms with Gasteiger partial charge in [0, 0.05) is 11.6 Å². The Hall–Kier alpha value is -0.950. The standard InChI is InChI=1S/C14H16BrClFN3O/c1-19(2)3-4-20-13(12(15)8-18-20)14(21)9-5-10(16)7-11(17)6-9/h5-8,14,21H,3-4H2,1-2H3. The summed E-state index contributed by atoms with van der Waals surface area (Å²) >= 11 is 9.22. The highest BCUT2D eigenvalue weighted by molar-refractivity contribution is 9.10. The van der Waals surface area contributed by atoms with Crippen molar-refractivity contribution in [2.45, 2.75) is 12.6 Å². The van der Waals surface area contributed by atoms with Crippen LogP contribution in [-0.4, -0.2) is 40.4 Å². The average Bonchev–Trinajstić information content (AvgIpc) is 2.75. The van der Waals surface area contributed by atoms with Gasteiger partial charge in [0.1, 0.15) is 11.9 Å². The molecule has 0 bridgehead atoms. The number of likely N-dealkylation sites (N-methyl/N-ethyl adjacent to an activating group) is 1. The monoisotopic (exact) mass is 375 g/mol.